The number of alkyl halides is 5. The molecule has 4 fully saturated rings. The predicted octanol–water partition coefficient (Wildman–Crippen LogP) is 7.92. The Balaban J connectivity index is 0.000000181. The minimum atomic E-state index is -5.53. The second kappa shape index (κ2) is 13.8. The van der Waals surface area contributed by atoms with E-state index >= 15 is 0 Å². The number of benzene rings is 3. The summed E-state index contributed by atoms with van der Waals surface area (Å²) in [6, 6.07) is 32.2. The van der Waals surface area contributed by atoms with Crippen molar-refractivity contribution in [2.75, 3.05) is 0 Å². The zero-order valence-electron chi connectivity index (χ0n) is 23.5. The Morgan fingerprint density at radius 3 is 1.48 bits per heavy atom. The number of carbonyl (C=O) groups excluding carboxylic acids is 1. The fourth-order valence-electron chi connectivity index (χ4n) is 7.10. The van der Waals surface area contributed by atoms with Gasteiger partial charge in [0.1, 0.15) is 12.0 Å². The smallest absolute Gasteiger partial charge is 0.432 e. The molecule has 0 amide bonds. The first-order valence-electron chi connectivity index (χ1n) is 14.2. The molecule has 1 atom stereocenters. The first kappa shape index (κ1) is 32.7. The fraction of sp³-hybridized carbons (Fsp3) is 0.406. The number of halogens is 5. The van der Waals surface area contributed by atoms with Gasteiger partial charge in [-0.2, -0.15) is 26.3 Å². The topological polar surface area (TPSA) is 67.8 Å². The van der Waals surface area contributed by atoms with Crippen molar-refractivity contribution in [1.29, 1.82) is 0 Å². The first-order chi connectivity index (χ1) is 21.0. The Morgan fingerprint density at radius 2 is 1.14 bits per heavy atom. The molecule has 3 aromatic carbocycles. The van der Waals surface area contributed by atoms with Crippen LogP contribution in [0.4, 0.5) is 22.0 Å². The number of hydrogen-bond donors (Lipinski definition) is 0. The molecular weight excluding hydrogens is 623 g/mol. The van der Waals surface area contributed by atoms with Gasteiger partial charge in [-0.1, -0.05) is 54.6 Å². The lowest BCUT2D eigenvalue weighted by atomic mass is 9.49. The summed E-state index contributed by atoms with van der Waals surface area (Å²) < 4.78 is 74.2. The normalized spacial score (nSPS) is 24.8. The molecule has 236 valence electrons. The van der Waals surface area contributed by atoms with Crippen molar-refractivity contribution in [1.82, 2.24) is 0 Å². The molecule has 0 aromatic heterocycles. The van der Waals surface area contributed by atoms with Gasteiger partial charge in [-0.3, -0.25) is 9.83 Å². The van der Waals surface area contributed by atoms with Crippen molar-refractivity contribution in [3.05, 3.63) is 91.0 Å². The van der Waals surface area contributed by atoms with E-state index < -0.39 is 41.0 Å². The zero-order chi connectivity index (χ0) is 31.4. The molecule has 3 aromatic rings. The van der Waals surface area contributed by atoms with Crippen LogP contribution < -0.4 is 5.26 Å². The van der Waals surface area contributed by atoms with Crippen molar-refractivity contribution >= 4 is 28.9 Å². The summed E-state index contributed by atoms with van der Waals surface area (Å²) in [7, 11) is -0.0146. The van der Waals surface area contributed by atoms with E-state index in [4.69, 9.17) is 0 Å². The minimum Gasteiger partial charge on any atom is -0.691 e. The fourth-order valence-corrected chi connectivity index (χ4v) is 9.59. The lowest BCUT2D eigenvalue weighted by Crippen LogP contribution is -2.54. The summed E-state index contributed by atoms with van der Waals surface area (Å²) in [4.78, 5) is 16.6. The van der Waals surface area contributed by atoms with E-state index in [-0.39, 0.29) is 28.6 Å². The van der Waals surface area contributed by atoms with Gasteiger partial charge in [0, 0.05) is 0 Å². The van der Waals surface area contributed by atoms with Gasteiger partial charge in [-0.25, -0.2) is 0 Å². The molecule has 44 heavy (non-hydrogen) atoms. The Bertz CT molecular complexity index is 1230. The number of ether oxygens (including phenoxy) is 1. The summed E-state index contributed by atoms with van der Waals surface area (Å²) in [5.41, 5.74) is -1.12. The third-order valence-electron chi connectivity index (χ3n) is 8.41. The summed E-state index contributed by atoms with van der Waals surface area (Å²) >= 11 is -1.13. The molecule has 4 aliphatic rings. The predicted molar refractivity (Wildman–Crippen MR) is 153 cm³/mol. The standard InChI is InChI=1S/C18H15S.C14H17F5O5S/c1-4-10-16(11-5-1)19(17-12-6-2-7-13-17)18-14-8-3-9-15-18;15-13(16,17)10(14(18,19)25-24-23-21)22-11(20)12-4-7-1-8(5-12)3-9(2-7)6-12/h1-15H;7-10,21H,1-6H2/q+1;/p-1. The second-order valence-electron chi connectivity index (χ2n) is 11.6. The molecule has 7 rings (SSSR count). The summed E-state index contributed by atoms with van der Waals surface area (Å²) in [5.74, 6) is -0.544. The van der Waals surface area contributed by atoms with E-state index in [1.807, 2.05) is 0 Å². The quantitative estimate of drug-likeness (QED) is 0.0583. The SMILES string of the molecule is O=C(OC(C(F)(F)F)C(F)(F)SOO[O-])C12CC3CC(CC(C3)C1)C2.c1ccc([S+](c2ccccc2)c2ccccc2)cc1. The summed E-state index contributed by atoms with van der Waals surface area (Å²) in [5, 5.41) is 7.58. The van der Waals surface area contributed by atoms with Crippen LogP contribution in [0, 0.1) is 23.2 Å². The van der Waals surface area contributed by atoms with E-state index in [1.165, 1.54) is 14.7 Å². The highest BCUT2D eigenvalue weighted by atomic mass is 32.2. The van der Waals surface area contributed by atoms with E-state index in [0.717, 1.165) is 19.3 Å². The lowest BCUT2D eigenvalue weighted by molar-refractivity contribution is -0.777. The Kier molecular flexibility index (Phi) is 10.3. The molecule has 0 N–H and O–H groups in total. The van der Waals surface area contributed by atoms with Crippen molar-refractivity contribution < 1.29 is 46.1 Å². The van der Waals surface area contributed by atoms with Gasteiger partial charge in [-0.15, -0.1) is 0 Å². The van der Waals surface area contributed by atoms with E-state index in [9.17, 15) is 32.0 Å². The van der Waals surface area contributed by atoms with Crippen LogP contribution in [0.2, 0.25) is 0 Å². The molecule has 4 bridgehead atoms. The first-order valence-corrected chi connectivity index (χ1v) is 16.2. The highest BCUT2D eigenvalue weighted by molar-refractivity contribution is 7.97. The number of carbonyl (C=O) groups is 1. The summed E-state index contributed by atoms with van der Waals surface area (Å²) in [6.07, 6.45) is -5.34. The van der Waals surface area contributed by atoms with Crippen LogP contribution in [0.15, 0.2) is 106 Å². The van der Waals surface area contributed by atoms with Gasteiger partial charge in [0.15, 0.2) is 14.7 Å². The maximum absolute atomic E-state index is 13.7. The molecule has 0 saturated heterocycles. The highest BCUT2D eigenvalue weighted by Crippen LogP contribution is 2.61. The van der Waals surface area contributed by atoms with Gasteiger partial charge in [0.2, 0.25) is 0 Å². The summed E-state index contributed by atoms with van der Waals surface area (Å²) in [6.45, 7) is 0. The molecular formula is C32H31F5O5S2. The van der Waals surface area contributed by atoms with Crippen LogP contribution in [-0.2, 0) is 29.8 Å². The second-order valence-corrected chi connectivity index (χ2v) is 14.4. The molecule has 4 saturated carbocycles. The average molecular weight is 655 g/mol. The molecule has 0 aliphatic heterocycles. The minimum absolute atomic E-state index is 0.0146. The Morgan fingerprint density at radius 1 is 0.750 bits per heavy atom. The van der Waals surface area contributed by atoms with Crippen LogP contribution in [0.3, 0.4) is 0 Å². The van der Waals surface area contributed by atoms with Crippen molar-refractivity contribution in [2.24, 2.45) is 23.2 Å². The molecule has 4 aliphatic carbocycles. The Hall–Kier alpha value is -2.64. The van der Waals surface area contributed by atoms with Crippen LogP contribution in [-0.4, -0.2) is 23.5 Å². The van der Waals surface area contributed by atoms with Gasteiger partial charge >= 0.3 is 17.4 Å². The number of hydrogen-bond acceptors (Lipinski definition) is 6. The average Bonchev–Trinajstić information content (AvgIpc) is 2.99. The zero-order valence-corrected chi connectivity index (χ0v) is 25.1. The largest absolute Gasteiger partial charge is 0.691 e. The molecule has 0 spiro atoms. The van der Waals surface area contributed by atoms with Crippen LogP contribution in [0.1, 0.15) is 38.5 Å². The maximum atomic E-state index is 13.7. The van der Waals surface area contributed by atoms with E-state index in [0.29, 0.717) is 19.3 Å². The van der Waals surface area contributed by atoms with Crippen LogP contribution >= 0.6 is 12.0 Å². The van der Waals surface area contributed by atoms with E-state index in [1.54, 1.807) is 0 Å². The van der Waals surface area contributed by atoms with Crippen molar-refractivity contribution in [3.63, 3.8) is 0 Å². The van der Waals surface area contributed by atoms with Gasteiger partial charge in [-0.05, 0) is 92.7 Å². The highest BCUT2D eigenvalue weighted by Gasteiger charge is 2.63. The van der Waals surface area contributed by atoms with Gasteiger partial charge in [0.05, 0.1) is 16.3 Å². The molecule has 12 heteroatoms. The van der Waals surface area contributed by atoms with Gasteiger partial charge < -0.3 is 9.99 Å². The lowest BCUT2D eigenvalue weighted by Gasteiger charge is -2.55. The third-order valence-corrected chi connectivity index (χ3v) is 11.2. The molecule has 0 radical (unpaired) electrons. The monoisotopic (exact) mass is 654 g/mol. The van der Waals surface area contributed by atoms with Gasteiger partial charge in [0.25, 0.3) is 6.10 Å². The Labute approximate surface area is 259 Å². The number of rotatable bonds is 9. The third kappa shape index (κ3) is 7.59. The van der Waals surface area contributed by atoms with Crippen molar-refractivity contribution in [3.8, 4) is 0 Å². The molecule has 0 heterocycles. The maximum Gasteiger partial charge on any atom is 0.432 e. The molecule has 1 unspecified atom stereocenters. The van der Waals surface area contributed by atoms with E-state index in [2.05, 4.69) is 105 Å². The molecule has 5 nitrogen and oxygen atoms in total. The van der Waals surface area contributed by atoms with Crippen molar-refractivity contribution in [2.45, 2.75) is 70.7 Å². The number of esters is 1. The van der Waals surface area contributed by atoms with Crippen LogP contribution in [0.25, 0.3) is 0 Å². The van der Waals surface area contributed by atoms with Crippen LogP contribution in [0.5, 0.6) is 0 Å².